The fourth-order valence-electron chi connectivity index (χ4n) is 2.77. The molecule has 140 valence electrons. The third kappa shape index (κ3) is 6.28. The lowest BCUT2D eigenvalue weighted by Crippen LogP contribution is -2.48. The average molecular weight is 369 g/mol. The summed E-state index contributed by atoms with van der Waals surface area (Å²) in [6.45, 7) is 6.94. The molecule has 0 saturated carbocycles. The number of primary sulfonamides is 1. The SMILES string of the molecule is C[C@@H](CCNC(=O)Nc1cccc(S(N)(=O)=O)c1)N1CCN(C)CC1. The molecule has 0 unspecified atom stereocenters. The Morgan fingerprint density at radius 2 is 1.96 bits per heavy atom. The largest absolute Gasteiger partial charge is 0.338 e. The Hall–Kier alpha value is -1.68. The standard InChI is InChI=1S/C16H27N5O3S/c1-13(21-10-8-20(2)9-11-21)6-7-18-16(22)19-14-4-3-5-15(12-14)25(17,23)24/h3-5,12-13H,6-11H2,1-2H3,(H2,17,23,24)(H2,18,19,22)/t13-/m0/s1. The summed E-state index contributed by atoms with van der Waals surface area (Å²) in [5.74, 6) is 0. The zero-order chi connectivity index (χ0) is 18.4. The van der Waals surface area contributed by atoms with Crippen molar-refractivity contribution in [2.24, 2.45) is 5.14 Å². The molecule has 0 spiro atoms. The normalized spacial score (nSPS) is 17.9. The Bertz CT molecular complexity index is 687. The molecule has 8 nitrogen and oxygen atoms in total. The van der Waals surface area contributed by atoms with Crippen molar-refractivity contribution in [1.82, 2.24) is 15.1 Å². The molecule has 1 atom stereocenters. The summed E-state index contributed by atoms with van der Waals surface area (Å²) in [4.78, 5) is 16.7. The highest BCUT2D eigenvalue weighted by atomic mass is 32.2. The fraction of sp³-hybridized carbons (Fsp3) is 0.562. The topological polar surface area (TPSA) is 108 Å². The van der Waals surface area contributed by atoms with Gasteiger partial charge in [0.1, 0.15) is 0 Å². The second-order valence-corrected chi connectivity index (χ2v) is 7.99. The van der Waals surface area contributed by atoms with Crippen LogP contribution in [0.3, 0.4) is 0 Å². The van der Waals surface area contributed by atoms with Gasteiger partial charge in [0.2, 0.25) is 10.0 Å². The molecule has 1 aliphatic heterocycles. The van der Waals surface area contributed by atoms with Gasteiger partial charge in [-0.2, -0.15) is 0 Å². The van der Waals surface area contributed by atoms with Crippen LogP contribution in [0.5, 0.6) is 0 Å². The monoisotopic (exact) mass is 369 g/mol. The summed E-state index contributed by atoms with van der Waals surface area (Å²) in [7, 11) is -1.66. The summed E-state index contributed by atoms with van der Waals surface area (Å²) in [5.41, 5.74) is 0.385. The second kappa shape index (κ2) is 8.61. The van der Waals surface area contributed by atoms with E-state index in [1.54, 1.807) is 6.07 Å². The van der Waals surface area contributed by atoms with Crippen molar-refractivity contribution in [2.45, 2.75) is 24.3 Å². The first-order valence-corrected chi connectivity index (χ1v) is 9.90. The lowest BCUT2D eigenvalue weighted by molar-refractivity contribution is 0.115. The van der Waals surface area contributed by atoms with E-state index in [0.717, 1.165) is 32.6 Å². The van der Waals surface area contributed by atoms with Crippen LogP contribution in [-0.2, 0) is 10.0 Å². The maximum Gasteiger partial charge on any atom is 0.319 e. The van der Waals surface area contributed by atoms with Gasteiger partial charge in [-0.25, -0.2) is 18.4 Å². The number of nitrogens with one attached hydrogen (secondary N) is 2. The highest BCUT2D eigenvalue weighted by Crippen LogP contribution is 2.14. The van der Waals surface area contributed by atoms with E-state index in [0.29, 0.717) is 18.3 Å². The van der Waals surface area contributed by atoms with E-state index in [4.69, 9.17) is 5.14 Å². The molecule has 2 amide bonds. The summed E-state index contributed by atoms with van der Waals surface area (Å²) < 4.78 is 22.7. The maximum atomic E-state index is 12.0. The van der Waals surface area contributed by atoms with E-state index in [1.165, 1.54) is 18.2 Å². The predicted molar refractivity (Wildman–Crippen MR) is 98.0 cm³/mol. The summed E-state index contributed by atoms with van der Waals surface area (Å²) in [6, 6.07) is 5.90. The van der Waals surface area contributed by atoms with E-state index >= 15 is 0 Å². The Morgan fingerprint density at radius 3 is 2.60 bits per heavy atom. The van der Waals surface area contributed by atoms with Gasteiger partial charge in [0.15, 0.2) is 0 Å². The zero-order valence-electron chi connectivity index (χ0n) is 14.7. The Labute approximate surface area is 149 Å². The van der Waals surface area contributed by atoms with Gasteiger partial charge in [-0.05, 0) is 38.6 Å². The number of likely N-dealkylation sites (N-methyl/N-ethyl adjacent to an activating group) is 1. The van der Waals surface area contributed by atoms with E-state index in [-0.39, 0.29) is 10.9 Å². The van der Waals surface area contributed by atoms with E-state index in [1.807, 2.05) is 0 Å². The van der Waals surface area contributed by atoms with Crippen LogP contribution in [0.15, 0.2) is 29.2 Å². The van der Waals surface area contributed by atoms with Crippen LogP contribution >= 0.6 is 0 Å². The highest BCUT2D eigenvalue weighted by Gasteiger charge is 2.18. The number of urea groups is 1. The smallest absolute Gasteiger partial charge is 0.319 e. The first-order chi connectivity index (χ1) is 11.8. The minimum absolute atomic E-state index is 0.0333. The van der Waals surface area contributed by atoms with Gasteiger partial charge < -0.3 is 15.5 Å². The number of sulfonamides is 1. The van der Waals surface area contributed by atoms with Crippen LogP contribution in [0.25, 0.3) is 0 Å². The van der Waals surface area contributed by atoms with Crippen LogP contribution in [0.2, 0.25) is 0 Å². The van der Waals surface area contributed by atoms with Crippen LogP contribution < -0.4 is 15.8 Å². The molecule has 2 rings (SSSR count). The first kappa shape index (κ1) is 19.6. The molecule has 1 aliphatic rings. The van der Waals surface area contributed by atoms with Crippen molar-refractivity contribution in [3.63, 3.8) is 0 Å². The number of benzene rings is 1. The summed E-state index contributed by atoms with van der Waals surface area (Å²) in [6.07, 6.45) is 0.856. The molecule has 0 aromatic heterocycles. The molecule has 1 saturated heterocycles. The molecular weight excluding hydrogens is 342 g/mol. The number of rotatable bonds is 6. The van der Waals surface area contributed by atoms with Gasteiger partial charge in [0, 0.05) is 44.5 Å². The number of nitrogens with two attached hydrogens (primary N) is 1. The number of hydrogen-bond donors (Lipinski definition) is 3. The Morgan fingerprint density at radius 1 is 1.28 bits per heavy atom. The van der Waals surface area contributed by atoms with Crippen molar-refractivity contribution in [3.8, 4) is 0 Å². The van der Waals surface area contributed by atoms with Crippen molar-refractivity contribution < 1.29 is 13.2 Å². The number of anilines is 1. The van der Waals surface area contributed by atoms with E-state index in [2.05, 4.69) is 34.4 Å². The molecule has 0 aliphatic carbocycles. The zero-order valence-corrected chi connectivity index (χ0v) is 15.6. The molecule has 1 aromatic rings. The van der Waals surface area contributed by atoms with Crippen molar-refractivity contribution in [1.29, 1.82) is 0 Å². The van der Waals surface area contributed by atoms with Crippen LogP contribution in [-0.4, -0.2) is 70.1 Å². The Kier molecular flexibility index (Phi) is 6.77. The highest BCUT2D eigenvalue weighted by molar-refractivity contribution is 7.89. The van der Waals surface area contributed by atoms with Crippen LogP contribution in [0.4, 0.5) is 10.5 Å². The quantitative estimate of drug-likeness (QED) is 0.676. The lowest BCUT2D eigenvalue weighted by atomic mass is 10.1. The molecule has 4 N–H and O–H groups in total. The maximum absolute atomic E-state index is 12.0. The molecule has 0 radical (unpaired) electrons. The molecule has 25 heavy (non-hydrogen) atoms. The molecule has 1 heterocycles. The number of piperazine rings is 1. The third-order valence-corrected chi connectivity index (χ3v) is 5.34. The molecule has 9 heteroatoms. The Balaban J connectivity index is 1.75. The van der Waals surface area contributed by atoms with Gasteiger partial charge in [-0.1, -0.05) is 6.07 Å². The van der Waals surface area contributed by atoms with Crippen LogP contribution in [0, 0.1) is 0 Å². The van der Waals surface area contributed by atoms with E-state index in [9.17, 15) is 13.2 Å². The number of amides is 2. The molecular formula is C16H27N5O3S. The summed E-state index contributed by atoms with van der Waals surface area (Å²) >= 11 is 0. The number of carbonyl (C=O) groups excluding carboxylic acids is 1. The van der Waals surface area contributed by atoms with Gasteiger partial charge >= 0.3 is 6.03 Å². The second-order valence-electron chi connectivity index (χ2n) is 6.43. The van der Waals surface area contributed by atoms with Gasteiger partial charge in [0.25, 0.3) is 0 Å². The van der Waals surface area contributed by atoms with Gasteiger partial charge in [-0.15, -0.1) is 0 Å². The predicted octanol–water partition coefficient (Wildman–Crippen LogP) is 0.482. The van der Waals surface area contributed by atoms with Crippen molar-refractivity contribution in [2.75, 3.05) is 45.1 Å². The molecule has 1 aromatic carbocycles. The number of hydrogen-bond acceptors (Lipinski definition) is 5. The van der Waals surface area contributed by atoms with Crippen LogP contribution in [0.1, 0.15) is 13.3 Å². The fourth-order valence-corrected chi connectivity index (χ4v) is 3.33. The van der Waals surface area contributed by atoms with Crippen molar-refractivity contribution in [3.05, 3.63) is 24.3 Å². The number of nitrogens with zero attached hydrogens (tertiary/aromatic N) is 2. The van der Waals surface area contributed by atoms with Crippen molar-refractivity contribution >= 4 is 21.7 Å². The molecule has 0 bridgehead atoms. The lowest BCUT2D eigenvalue weighted by Gasteiger charge is -2.36. The minimum Gasteiger partial charge on any atom is -0.338 e. The third-order valence-electron chi connectivity index (χ3n) is 4.43. The van der Waals surface area contributed by atoms with E-state index < -0.39 is 10.0 Å². The van der Waals surface area contributed by atoms with Gasteiger partial charge in [0.05, 0.1) is 4.90 Å². The minimum atomic E-state index is -3.79. The first-order valence-electron chi connectivity index (χ1n) is 8.36. The summed E-state index contributed by atoms with van der Waals surface area (Å²) in [5, 5.41) is 10.5. The molecule has 1 fully saturated rings. The van der Waals surface area contributed by atoms with Gasteiger partial charge in [-0.3, -0.25) is 4.90 Å². The average Bonchev–Trinajstić information content (AvgIpc) is 2.55. The number of carbonyl (C=O) groups is 1.